The highest BCUT2D eigenvalue weighted by Crippen LogP contribution is 2.31. The number of anilines is 1. The van der Waals surface area contributed by atoms with Crippen molar-refractivity contribution in [2.45, 2.75) is 30.1 Å². The second-order valence-electron chi connectivity index (χ2n) is 6.48. The average Bonchev–Trinajstić information content (AvgIpc) is 2.92. The Kier molecular flexibility index (Phi) is 5.20. The number of hydrogen-bond donors (Lipinski definition) is 1. The van der Waals surface area contributed by atoms with Gasteiger partial charge in [0.1, 0.15) is 0 Å². The molecule has 1 saturated heterocycles. The molecule has 2 aromatic carbocycles. The van der Waals surface area contributed by atoms with Gasteiger partial charge in [0.2, 0.25) is 5.91 Å². The summed E-state index contributed by atoms with van der Waals surface area (Å²) in [5.74, 6) is -0.583. The van der Waals surface area contributed by atoms with Crippen molar-refractivity contribution >= 4 is 33.2 Å². The van der Waals surface area contributed by atoms with Crippen LogP contribution in [0.2, 0.25) is 0 Å². The Morgan fingerprint density at radius 3 is 2.44 bits per heavy atom. The Labute approximate surface area is 152 Å². The molecule has 1 N–H and O–H groups in total. The van der Waals surface area contributed by atoms with E-state index in [0.29, 0.717) is 12.1 Å². The van der Waals surface area contributed by atoms with E-state index >= 15 is 0 Å². The van der Waals surface area contributed by atoms with Crippen LogP contribution in [0.4, 0.5) is 5.69 Å². The van der Waals surface area contributed by atoms with Crippen LogP contribution in [0.1, 0.15) is 17.5 Å². The Morgan fingerprint density at radius 2 is 1.84 bits per heavy atom. The second-order valence-corrected chi connectivity index (χ2v) is 9.83. The first kappa shape index (κ1) is 18.0. The zero-order chi connectivity index (χ0) is 18.0. The molecule has 0 spiro atoms. The number of aryl methyl sites for hydroxylation is 2. The molecule has 0 saturated carbocycles. The van der Waals surface area contributed by atoms with E-state index in [4.69, 9.17) is 0 Å². The van der Waals surface area contributed by atoms with Gasteiger partial charge in [-0.2, -0.15) is 0 Å². The summed E-state index contributed by atoms with van der Waals surface area (Å²) < 4.78 is 23.0. The topological polar surface area (TPSA) is 63.2 Å². The zero-order valence-corrected chi connectivity index (χ0v) is 15.9. The van der Waals surface area contributed by atoms with Crippen LogP contribution in [0.25, 0.3) is 0 Å². The molecule has 132 valence electrons. The van der Waals surface area contributed by atoms with Gasteiger partial charge in [-0.3, -0.25) is 4.79 Å². The van der Waals surface area contributed by atoms with Crippen molar-refractivity contribution in [3.63, 3.8) is 0 Å². The van der Waals surface area contributed by atoms with E-state index in [-0.39, 0.29) is 17.4 Å². The highest BCUT2D eigenvalue weighted by atomic mass is 32.2. The number of hydrogen-bond acceptors (Lipinski definition) is 4. The molecule has 1 amide bonds. The van der Waals surface area contributed by atoms with Crippen LogP contribution in [0.5, 0.6) is 0 Å². The maximum absolute atomic E-state index is 12.2. The molecule has 0 aromatic heterocycles. The summed E-state index contributed by atoms with van der Waals surface area (Å²) in [6.45, 7) is 4.17. The van der Waals surface area contributed by atoms with Crippen molar-refractivity contribution in [3.05, 3.63) is 53.6 Å². The van der Waals surface area contributed by atoms with E-state index in [1.807, 2.05) is 24.3 Å². The lowest BCUT2D eigenvalue weighted by molar-refractivity contribution is -0.119. The third-order valence-corrected chi connectivity index (χ3v) is 7.24. The quantitative estimate of drug-likeness (QED) is 0.882. The molecule has 3 rings (SSSR count). The monoisotopic (exact) mass is 375 g/mol. The molecular formula is C19H21NO3S2. The number of sulfone groups is 1. The second kappa shape index (κ2) is 7.22. The molecule has 4 nitrogen and oxygen atoms in total. The number of amides is 1. The summed E-state index contributed by atoms with van der Waals surface area (Å²) in [6, 6.07) is 14.0. The fraction of sp³-hybridized carbons (Fsp3) is 0.316. The molecule has 0 radical (unpaired) electrons. The van der Waals surface area contributed by atoms with Gasteiger partial charge in [-0.25, -0.2) is 8.42 Å². The molecule has 0 aliphatic carbocycles. The van der Waals surface area contributed by atoms with Crippen molar-refractivity contribution in [1.29, 1.82) is 0 Å². The SMILES string of the molecule is Cc1ccc(Sc2ccc(NC(=O)C3CCS(=O)(=O)C3)cc2)c(C)c1. The number of benzene rings is 2. The first-order chi connectivity index (χ1) is 11.8. The fourth-order valence-corrected chi connectivity index (χ4v) is 5.52. The van der Waals surface area contributed by atoms with E-state index < -0.39 is 15.8 Å². The molecule has 1 fully saturated rings. The largest absolute Gasteiger partial charge is 0.326 e. The number of nitrogens with one attached hydrogen (secondary N) is 1. The van der Waals surface area contributed by atoms with Gasteiger partial charge in [-0.15, -0.1) is 0 Å². The third-order valence-electron chi connectivity index (χ3n) is 4.28. The molecule has 2 aromatic rings. The molecule has 1 unspecified atom stereocenters. The first-order valence-corrected chi connectivity index (χ1v) is 10.8. The molecule has 1 atom stereocenters. The molecule has 1 aliphatic heterocycles. The summed E-state index contributed by atoms with van der Waals surface area (Å²) in [5.41, 5.74) is 3.18. The fourth-order valence-electron chi connectivity index (χ4n) is 2.89. The molecule has 25 heavy (non-hydrogen) atoms. The van der Waals surface area contributed by atoms with Gasteiger partial charge in [0.15, 0.2) is 9.84 Å². The zero-order valence-electron chi connectivity index (χ0n) is 14.3. The van der Waals surface area contributed by atoms with Gasteiger partial charge >= 0.3 is 0 Å². The van der Waals surface area contributed by atoms with Crippen LogP contribution < -0.4 is 5.32 Å². The van der Waals surface area contributed by atoms with Crippen molar-refractivity contribution < 1.29 is 13.2 Å². The van der Waals surface area contributed by atoms with Gasteiger partial charge in [0, 0.05) is 15.5 Å². The normalized spacial score (nSPS) is 18.9. The van der Waals surface area contributed by atoms with Crippen LogP contribution in [0.15, 0.2) is 52.3 Å². The van der Waals surface area contributed by atoms with Crippen molar-refractivity contribution in [2.75, 3.05) is 16.8 Å². The van der Waals surface area contributed by atoms with Crippen LogP contribution in [-0.2, 0) is 14.6 Å². The summed E-state index contributed by atoms with van der Waals surface area (Å²) in [6.07, 6.45) is 0.412. The van der Waals surface area contributed by atoms with Crippen molar-refractivity contribution in [2.24, 2.45) is 5.92 Å². The van der Waals surface area contributed by atoms with Gasteiger partial charge in [0.25, 0.3) is 0 Å². The van der Waals surface area contributed by atoms with E-state index in [1.165, 1.54) is 16.0 Å². The van der Waals surface area contributed by atoms with Crippen LogP contribution in [0, 0.1) is 19.8 Å². The molecule has 1 heterocycles. The minimum atomic E-state index is -3.05. The summed E-state index contributed by atoms with van der Waals surface area (Å²) in [7, 11) is -3.05. The highest BCUT2D eigenvalue weighted by Gasteiger charge is 2.32. The highest BCUT2D eigenvalue weighted by molar-refractivity contribution is 7.99. The Bertz CT molecular complexity index is 889. The summed E-state index contributed by atoms with van der Waals surface area (Å²) >= 11 is 1.68. The minimum Gasteiger partial charge on any atom is -0.326 e. The van der Waals surface area contributed by atoms with E-state index in [2.05, 4.69) is 37.4 Å². The van der Waals surface area contributed by atoms with Gasteiger partial charge in [-0.1, -0.05) is 29.5 Å². The summed E-state index contributed by atoms with van der Waals surface area (Å²) in [5, 5.41) is 2.82. The number of rotatable bonds is 4. The van der Waals surface area contributed by atoms with E-state index in [1.54, 1.807) is 11.8 Å². The lowest BCUT2D eigenvalue weighted by Gasteiger charge is -2.10. The lowest BCUT2D eigenvalue weighted by Crippen LogP contribution is -2.23. The minimum absolute atomic E-state index is 0.0422. The Hall–Kier alpha value is -1.79. The predicted molar refractivity (Wildman–Crippen MR) is 102 cm³/mol. The van der Waals surface area contributed by atoms with Crippen molar-refractivity contribution in [3.8, 4) is 0 Å². The molecule has 0 bridgehead atoms. The van der Waals surface area contributed by atoms with Crippen LogP contribution in [-0.4, -0.2) is 25.8 Å². The van der Waals surface area contributed by atoms with Gasteiger partial charge in [-0.05, 0) is 56.2 Å². The third kappa shape index (κ3) is 4.64. The van der Waals surface area contributed by atoms with Crippen molar-refractivity contribution in [1.82, 2.24) is 0 Å². The van der Waals surface area contributed by atoms with Crippen LogP contribution in [0.3, 0.4) is 0 Å². The van der Waals surface area contributed by atoms with Gasteiger partial charge < -0.3 is 5.32 Å². The van der Waals surface area contributed by atoms with Gasteiger partial charge in [0.05, 0.1) is 17.4 Å². The summed E-state index contributed by atoms with van der Waals surface area (Å²) in [4.78, 5) is 14.5. The predicted octanol–water partition coefficient (Wildman–Crippen LogP) is 3.83. The van der Waals surface area contributed by atoms with E-state index in [9.17, 15) is 13.2 Å². The molecule has 1 aliphatic rings. The standard InChI is InChI=1S/C19H21NO3S2/c1-13-3-8-18(14(2)11-13)24-17-6-4-16(5-7-17)20-19(21)15-9-10-25(22,23)12-15/h3-8,11,15H,9-10,12H2,1-2H3,(H,20,21). The Morgan fingerprint density at radius 1 is 1.12 bits per heavy atom. The molecule has 6 heteroatoms. The van der Waals surface area contributed by atoms with Crippen LogP contribution >= 0.6 is 11.8 Å². The maximum Gasteiger partial charge on any atom is 0.228 e. The smallest absolute Gasteiger partial charge is 0.228 e. The molecular weight excluding hydrogens is 354 g/mol. The lowest BCUT2D eigenvalue weighted by atomic mass is 10.1. The number of carbonyl (C=O) groups excluding carboxylic acids is 1. The maximum atomic E-state index is 12.2. The first-order valence-electron chi connectivity index (χ1n) is 8.19. The Balaban J connectivity index is 1.63. The average molecular weight is 376 g/mol. The van der Waals surface area contributed by atoms with E-state index in [0.717, 1.165) is 4.90 Å². The number of carbonyl (C=O) groups is 1.